The van der Waals surface area contributed by atoms with Crippen LogP contribution in [0.4, 0.5) is 0 Å². The molecule has 0 unspecified atom stereocenters. The maximum Gasteiger partial charge on any atom is 0.104 e. The van der Waals surface area contributed by atoms with E-state index < -0.39 is 0 Å². The number of unbranched alkanes of at least 4 members (excludes halogenated alkanes) is 2. The number of benzene rings is 1. The van der Waals surface area contributed by atoms with E-state index in [1.54, 1.807) is 0 Å². The van der Waals surface area contributed by atoms with E-state index >= 15 is 0 Å². The molecule has 0 aliphatic carbocycles. The maximum absolute atomic E-state index is 9.68. The first-order valence-electron chi connectivity index (χ1n) is 6.77. The molecular weight excluding hydrogens is 221 g/mol. The summed E-state index contributed by atoms with van der Waals surface area (Å²) in [5, 5.41) is 9.68. The molecule has 1 aromatic carbocycles. The van der Waals surface area contributed by atoms with Crippen LogP contribution >= 0.6 is 0 Å². The van der Waals surface area contributed by atoms with Gasteiger partial charge in [-0.25, -0.2) is 0 Å². The van der Waals surface area contributed by atoms with Gasteiger partial charge in [-0.15, -0.1) is 6.32 Å². The molecule has 0 spiro atoms. The molecule has 0 heterocycles. The number of hydrogen-bond donors (Lipinski definition) is 0. The van der Waals surface area contributed by atoms with Gasteiger partial charge in [-0.05, 0) is 7.48 Å². The van der Waals surface area contributed by atoms with E-state index in [1.165, 1.54) is 18.4 Å². The van der Waals surface area contributed by atoms with Crippen molar-refractivity contribution in [1.82, 2.24) is 0 Å². The molecule has 2 nitrogen and oxygen atoms in total. The summed E-state index contributed by atoms with van der Waals surface area (Å²) in [4.78, 5) is 0. The Bertz CT molecular complexity index is 278. The Morgan fingerprint density at radius 2 is 1.67 bits per heavy atom. The molecule has 0 aliphatic heterocycles. The largest absolute Gasteiger partial charge is 0.885 e. The lowest BCUT2D eigenvalue weighted by atomic mass is 9.92. The van der Waals surface area contributed by atoms with Crippen molar-refractivity contribution >= 4 is 7.48 Å². The van der Waals surface area contributed by atoms with Gasteiger partial charge >= 0.3 is 0 Å². The Balaban J connectivity index is 0.000000360. The first kappa shape index (κ1) is 17.2. The van der Waals surface area contributed by atoms with Gasteiger partial charge < -0.3 is 9.51 Å². The van der Waals surface area contributed by atoms with Gasteiger partial charge in [0.05, 0.1) is 21.1 Å². The van der Waals surface area contributed by atoms with Gasteiger partial charge in [0, 0.05) is 5.56 Å². The fourth-order valence-corrected chi connectivity index (χ4v) is 1.61. The zero-order valence-corrected chi connectivity index (χ0v) is 12.4. The Hall–Kier alpha value is -0.795. The Morgan fingerprint density at radius 1 is 1.06 bits per heavy atom. The molecule has 18 heavy (non-hydrogen) atoms. The van der Waals surface area contributed by atoms with Gasteiger partial charge in [-0.3, -0.25) is 0 Å². The van der Waals surface area contributed by atoms with Crippen LogP contribution in [0.15, 0.2) is 30.3 Å². The first-order chi connectivity index (χ1) is 8.49. The summed E-state index contributed by atoms with van der Waals surface area (Å²) >= 11 is 0. The number of hydrogen-bond acceptors (Lipinski definition) is 1. The van der Waals surface area contributed by atoms with E-state index in [9.17, 15) is 5.02 Å². The van der Waals surface area contributed by atoms with Gasteiger partial charge in [-0.2, -0.15) is 0 Å². The van der Waals surface area contributed by atoms with E-state index in [4.69, 9.17) is 0 Å². The molecule has 0 bridgehead atoms. The quantitative estimate of drug-likeness (QED) is 0.431. The first-order valence-corrected chi connectivity index (χ1v) is 6.77. The average molecular weight is 248 g/mol. The molecule has 0 aromatic heterocycles. The summed E-state index contributed by atoms with van der Waals surface area (Å²) in [6.07, 6.45) is 4.21. The SMILES string of the molecule is CCCCC[B][O-].C[N+](C)(C)Cc1ccccc1. The molecule has 1 rings (SSSR count). The fraction of sp³-hybridized carbons (Fsp3) is 0.600. The van der Waals surface area contributed by atoms with Crippen molar-refractivity contribution < 1.29 is 9.51 Å². The molecule has 0 saturated carbocycles. The topological polar surface area (TPSA) is 23.1 Å². The Morgan fingerprint density at radius 3 is 2.11 bits per heavy atom. The van der Waals surface area contributed by atoms with Crippen molar-refractivity contribution in [2.75, 3.05) is 21.1 Å². The lowest BCUT2D eigenvalue weighted by molar-refractivity contribution is -0.884. The van der Waals surface area contributed by atoms with Crippen LogP contribution in [-0.4, -0.2) is 33.1 Å². The summed E-state index contributed by atoms with van der Waals surface area (Å²) < 4.78 is 0.990. The smallest absolute Gasteiger partial charge is 0.104 e. The second-order valence-corrected chi connectivity index (χ2v) is 5.60. The second kappa shape index (κ2) is 10.2. The van der Waals surface area contributed by atoms with Crippen molar-refractivity contribution in [3.63, 3.8) is 0 Å². The minimum Gasteiger partial charge on any atom is -0.885 e. The fourth-order valence-electron chi connectivity index (χ4n) is 1.61. The van der Waals surface area contributed by atoms with Gasteiger partial charge in [0.2, 0.25) is 0 Å². The molecule has 0 saturated heterocycles. The molecular formula is C15H27BNO. The predicted octanol–water partition coefficient (Wildman–Crippen LogP) is 2.47. The highest BCUT2D eigenvalue weighted by Crippen LogP contribution is 2.05. The predicted molar refractivity (Wildman–Crippen MR) is 78.3 cm³/mol. The summed E-state index contributed by atoms with van der Waals surface area (Å²) in [7, 11) is 7.59. The third-order valence-corrected chi connectivity index (χ3v) is 2.43. The van der Waals surface area contributed by atoms with Crippen LogP contribution < -0.4 is 5.02 Å². The minimum atomic E-state index is 0.744. The summed E-state index contributed by atoms with van der Waals surface area (Å²) in [6, 6.07) is 10.6. The highest BCUT2D eigenvalue weighted by molar-refractivity contribution is 6.22. The van der Waals surface area contributed by atoms with Gasteiger partial charge in [0.1, 0.15) is 6.54 Å². The van der Waals surface area contributed by atoms with E-state index in [2.05, 4.69) is 58.4 Å². The standard InChI is InChI=1S/C10H16N.C5H11BO/c1-11(2,3)9-10-7-5-4-6-8-10;1-2-3-4-5-6-7/h4-8H,9H2,1-3H3;2-5H2,1H3/q+1;-1. The van der Waals surface area contributed by atoms with Crippen LogP contribution in [0.3, 0.4) is 0 Å². The van der Waals surface area contributed by atoms with Crippen LogP contribution in [-0.2, 0) is 6.54 Å². The van der Waals surface area contributed by atoms with Crippen LogP contribution in [0.25, 0.3) is 0 Å². The van der Waals surface area contributed by atoms with E-state index in [-0.39, 0.29) is 0 Å². The highest BCUT2D eigenvalue weighted by atomic mass is 16.2. The molecule has 101 valence electrons. The van der Waals surface area contributed by atoms with Gasteiger partial charge in [-0.1, -0.05) is 56.5 Å². The Labute approximate surface area is 114 Å². The van der Waals surface area contributed by atoms with Crippen molar-refractivity contribution in [2.45, 2.75) is 39.1 Å². The molecule has 3 heteroatoms. The van der Waals surface area contributed by atoms with Crippen LogP contribution in [0.2, 0.25) is 6.32 Å². The molecule has 0 fully saturated rings. The molecule has 0 aliphatic rings. The molecule has 0 N–H and O–H groups in total. The highest BCUT2D eigenvalue weighted by Gasteiger charge is 2.06. The zero-order valence-electron chi connectivity index (χ0n) is 12.4. The normalized spacial score (nSPS) is 10.5. The molecule has 0 amide bonds. The van der Waals surface area contributed by atoms with E-state index in [0.717, 1.165) is 31.3 Å². The average Bonchev–Trinajstić information content (AvgIpc) is 2.30. The van der Waals surface area contributed by atoms with Crippen molar-refractivity contribution in [1.29, 1.82) is 0 Å². The third-order valence-electron chi connectivity index (χ3n) is 2.43. The molecule has 0 atom stereocenters. The monoisotopic (exact) mass is 248 g/mol. The molecule has 1 radical (unpaired) electrons. The maximum atomic E-state index is 9.68. The number of quaternary nitrogens is 1. The molecule has 1 aromatic rings. The number of rotatable bonds is 6. The van der Waals surface area contributed by atoms with Gasteiger partial charge in [0.25, 0.3) is 0 Å². The van der Waals surface area contributed by atoms with Gasteiger partial charge in [0.15, 0.2) is 0 Å². The summed E-state index contributed by atoms with van der Waals surface area (Å²) in [5.41, 5.74) is 1.40. The second-order valence-electron chi connectivity index (χ2n) is 5.60. The van der Waals surface area contributed by atoms with Crippen molar-refractivity contribution in [3.8, 4) is 0 Å². The lowest BCUT2D eigenvalue weighted by Gasteiger charge is -2.23. The summed E-state index contributed by atoms with van der Waals surface area (Å²) in [6.45, 7) is 3.23. The third kappa shape index (κ3) is 11.7. The zero-order chi connectivity index (χ0) is 13.9. The van der Waals surface area contributed by atoms with E-state index in [1.807, 2.05) is 0 Å². The van der Waals surface area contributed by atoms with Crippen molar-refractivity contribution in [3.05, 3.63) is 35.9 Å². The van der Waals surface area contributed by atoms with Crippen LogP contribution in [0.1, 0.15) is 31.7 Å². The van der Waals surface area contributed by atoms with Crippen LogP contribution in [0, 0.1) is 0 Å². The van der Waals surface area contributed by atoms with Crippen LogP contribution in [0.5, 0.6) is 0 Å². The summed E-state index contributed by atoms with van der Waals surface area (Å²) in [5.74, 6) is 0. The number of nitrogens with zero attached hydrogens (tertiary/aromatic N) is 1. The van der Waals surface area contributed by atoms with E-state index in [0.29, 0.717) is 0 Å². The minimum absolute atomic E-state index is 0.744. The van der Waals surface area contributed by atoms with Crippen molar-refractivity contribution in [2.24, 2.45) is 0 Å². The Kier molecular flexibility index (Phi) is 9.71. The lowest BCUT2D eigenvalue weighted by Crippen LogP contribution is -2.33.